The second kappa shape index (κ2) is 1.69. The summed E-state index contributed by atoms with van der Waals surface area (Å²) in [6.45, 7) is 0. The number of pyridine rings is 1. The Labute approximate surface area is 46.8 Å². The van der Waals surface area contributed by atoms with Gasteiger partial charge in [-0.25, -0.2) is 4.98 Å². The summed E-state index contributed by atoms with van der Waals surface area (Å²) in [6.07, 6.45) is 1.48. The lowest BCUT2D eigenvalue weighted by Gasteiger charge is -2.04. The van der Waals surface area contributed by atoms with Gasteiger partial charge in [0, 0.05) is 6.20 Å². The predicted octanol–water partition coefficient (Wildman–Crippen LogP) is -0.263. The van der Waals surface area contributed by atoms with E-state index in [-0.39, 0.29) is 11.6 Å². The van der Waals surface area contributed by atoms with Gasteiger partial charge in [-0.3, -0.25) is 0 Å². The average Bonchev–Trinajstić information content (AvgIpc) is 1.77. The van der Waals surface area contributed by atoms with E-state index in [4.69, 9.17) is 5.73 Å². The van der Waals surface area contributed by atoms with Crippen molar-refractivity contribution in [1.29, 1.82) is 0 Å². The molecule has 0 saturated heterocycles. The first-order chi connectivity index (χ1) is 3.80. The zero-order valence-electron chi connectivity index (χ0n) is 4.16. The van der Waals surface area contributed by atoms with Crippen molar-refractivity contribution in [3.05, 3.63) is 18.3 Å². The Morgan fingerprint density at radius 1 is 1.62 bits per heavy atom. The zero-order valence-corrected chi connectivity index (χ0v) is 4.16. The second-order valence-electron chi connectivity index (χ2n) is 1.39. The fourth-order valence-corrected chi connectivity index (χ4v) is 0.403. The van der Waals surface area contributed by atoms with Crippen molar-refractivity contribution in [2.75, 3.05) is 5.73 Å². The minimum atomic E-state index is -0.215. The van der Waals surface area contributed by atoms with Gasteiger partial charge in [0.25, 0.3) is 0 Å². The first-order valence-electron chi connectivity index (χ1n) is 2.18. The number of nitrogens with zero attached hydrogens (tertiary/aromatic N) is 1. The van der Waals surface area contributed by atoms with Gasteiger partial charge in [0.15, 0.2) is 0 Å². The van der Waals surface area contributed by atoms with Crippen molar-refractivity contribution in [3.63, 3.8) is 0 Å². The molecule has 1 heterocycles. The van der Waals surface area contributed by atoms with Crippen molar-refractivity contribution in [2.24, 2.45) is 0 Å². The molecule has 0 spiro atoms. The predicted molar refractivity (Wildman–Crippen MR) is 28.1 cm³/mol. The molecule has 2 N–H and O–H groups in total. The average molecular weight is 109 g/mol. The highest BCUT2D eigenvalue weighted by Gasteiger charge is 1.80. The molecular weight excluding hydrogens is 104 g/mol. The first-order valence-corrected chi connectivity index (χ1v) is 2.18. The van der Waals surface area contributed by atoms with Gasteiger partial charge in [0.1, 0.15) is 5.82 Å². The van der Waals surface area contributed by atoms with E-state index in [0.717, 1.165) is 0 Å². The number of hydrogen-bond acceptors (Lipinski definition) is 3. The molecule has 3 nitrogen and oxygen atoms in total. The van der Waals surface area contributed by atoms with Crippen molar-refractivity contribution < 1.29 is 5.11 Å². The van der Waals surface area contributed by atoms with Crippen molar-refractivity contribution >= 4 is 5.82 Å². The topological polar surface area (TPSA) is 62.0 Å². The summed E-state index contributed by atoms with van der Waals surface area (Å²) in [4.78, 5) is 3.54. The van der Waals surface area contributed by atoms with Crippen LogP contribution in [0.2, 0.25) is 0 Å². The fraction of sp³-hybridized carbons (Fsp3) is 0. The van der Waals surface area contributed by atoms with Crippen LogP contribution >= 0.6 is 0 Å². The lowest BCUT2D eigenvalue weighted by atomic mass is 10.4. The molecule has 0 aliphatic rings. The summed E-state index contributed by atoms with van der Waals surface area (Å²) in [7, 11) is 0. The molecule has 0 fully saturated rings. The van der Waals surface area contributed by atoms with Crippen LogP contribution < -0.4 is 10.8 Å². The quantitative estimate of drug-likeness (QED) is 0.499. The van der Waals surface area contributed by atoms with Crippen molar-refractivity contribution in [2.45, 2.75) is 0 Å². The Balaban J connectivity index is 3.13. The maximum atomic E-state index is 10.4. The van der Waals surface area contributed by atoms with Crippen LogP contribution in [-0.4, -0.2) is 4.98 Å². The maximum Gasteiger partial charge on any atom is 0.115 e. The van der Waals surface area contributed by atoms with E-state index in [1.54, 1.807) is 6.07 Å². The maximum absolute atomic E-state index is 10.4. The number of nitrogens with two attached hydrogens (primary N) is 1. The van der Waals surface area contributed by atoms with E-state index in [1.165, 1.54) is 12.3 Å². The summed E-state index contributed by atoms with van der Waals surface area (Å²) in [5.41, 5.74) is 5.10. The molecule has 1 rings (SSSR count). The molecule has 0 amide bonds. The van der Waals surface area contributed by atoms with E-state index < -0.39 is 0 Å². The molecule has 1 aromatic heterocycles. The lowest BCUT2D eigenvalue weighted by Crippen LogP contribution is -1.97. The van der Waals surface area contributed by atoms with Crippen LogP contribution in [0.3, 0.4) is 0 Å². The molecule has 0 unspecified atom stereocenters. The molecule has 42 valence electrons. The largest absolute Gasteiger partial charge is 0.870 e. The highest BCUT2D eigenvalue weighted by molar-refractivity contribution is 5.41. The first kappa shape index (κ1) is 4.90. The van der Waals surface area contributed by atoms with Gasteiger partial charge in [-0.2, -0.15) is 0 Å². The van der Waals surface area contributed by atoms with Gasteiger partial charge in [-0.1, -0.05) is 11.8 Å². The summed E-state index contributed by atoms with van der Waals surface area (Å²) in [5.74, 6) is -0.153. The van der Waals surface area contributed by atoms with Crippen LogP contribution in [0.5, 0.6) is 5.75 Å². The Kier molecular flexibility index (Phi) is 1.04. The van der Waals surface area contributed by atoms with E-state index in [1.807, 2.05) is 0 Å². The molecule has 0 aromatic carbocycles. The summed E-state index contributed by atoms with van der Waals surface area (Å²) >= 11 is 0. The number of anilines is 1. The summed E-state index contributed by atoms with van der Waals surface area (Å²) in [5, 5.41) is 10.4. The van der Waals surface area contributed by atoms with Crippen LogP contribution in [0, 0.1) is 0 Å². The van der Waals surface area contributed by atoms with Crippen LogP contribution in [0.25, 0.3) is 0 Å². The van der Waals surface area contributed by atoms with Crippen LogP contribution in [0.4, 0.5) is 5.82 Å². The SMILES string of the molecule is Nc1ncccc1[O-]. The molecule has 8 heavy (non-hydrogen) atoms. The molecule has 0 atom stereocenters. The number of rotatable bonds is 0. The van der Waals surface area contributed by atoms with Gasteiger partial charge in [0.2, 0.25) is 0 Å². The van der Waals surface area contributed by atoms with Gasteiger partial charge in [-0.15, -0.1) is 0 Å². The monoisotopic (exact) mass is 109 g/mol. The highest BCUT2D eigenvalue weighted by Crippen LogP contribution is 2.08. The third-order valence-electron chi connectivity index (χ3n) is 0.800. The number of hydrogen-bond donors (Lipinski definition) is 1. The van der Waals surface area contributed by atoms with E-state index in [0.29, 0.717) is 0 Å². The second-order valence-corrected chi connectivity index (χ2v) is 1.39. The molecule has 0 radical (unpaired) electrons. The number of nitrogen functional groups attached to an aromatic ring is 1. The minimum absolute atomic E-state index is 0.0625. The van der Waals surface area contributed by atoms with E-state index >= 15 is 0 Å². The Morgan fingerprint density at radius 3 is 2.75 bits per heavy atom. The van der Waals surface area contributed by atoms with Gasteiger partial charge >= 0.3 is 0 Å². The number of aromatic nitrogens is 1. The standard InChI is InChI=1S/C5H6N2O/c6-5-4(8)2-1-3-7-5/h1-3,8H,(H2,6,7)/p-1. The van der Waals surface area contributed by atoms with Gasteiger partial charge in [-0.05, 0) is 6.07 Å². The molecule has 3 heteroatoms. The van der Waals surface area contributed by atoms with Gasteiger partial charge < -0.3 is 10.8 Å². The molecule has 1 aromatic rings. The summed E-state index contributed by atoms with van der Waals surface area (Å²) < 4.78 is 0. The molecule has 0 aliphatic carbocycles. The fourth-order valence-electron chi connectivity index (χ4n) is 0.403. The smallest absolute Gasteiger partial charge is 0.115 e. The van der Waals surface area contributed by atoms with Gasteiger partial charge in [0.05, 0.1) is 0 Å². The van der Waals surface area contributed by atoms with Crippen molar-refractivity contribution in [1.82, 2.24) is 4.98 Å². The van der Waals surface area contributed by atoms with Crippen molar-refractivity contribution in [3.8, 4) is 5.75 Å². The zero-order chi connectivity index (χ0) is 5.98. The van der Waals surface area contributed by atoms with Crippen LogP contribution in [0.1, 0.15) is 0 Å². The summed E-state index contributed by atoms with van der Waals surface area (Å²) in [6, 6.07) is 2.93. The molecule has 0 bridgehead atoms. The third-order valence-corrected chi connectivity index (χ3v) is 0.800. The third kappa shape index (κ3) is 0.703. The van der Waals surface area contributed by atoms with E-state index in [9.17, 15) is 5.11 Å². The molecule has 0 aliphatic heterocycles. The Bertz CT molecular complexity index is 167. The Hall–Kier alpha value is -1.25. The highest BCUT2D eigenvalue weighted by atomic mass is 16.3. The van der Waals surface area contributed by atoms with Crippen LogP contribution in [0.15, 0.2) is 18.3 Å². The normalized spacial score (nSPS) is 9.00. The minimum Gasteiger partial charge on any atom is -0.870 e. The Morgan fingerprint density at radius 2 is 2.38 bits per heavy atom. The van der Waals surface area contributed by atoms with E-state index in [2.05, 4.69) is 4.98 Å². The molecular formula is C5H5N2O-. The van der Waals surface area contributed by atoms with Crippen LogP contribution in [-0.2, 0) is 0 Å². The molecule has 0 saturated carbocycles. The lowest BCUT2D eigenvalue weighted by molar-refractivity contribution is -0.267.